The van der Waals surface area contributed by atoms with E-state index in [-0.39, 0.29) is 10.9 Å². The van der Waals surface area contributed by atoms with Crippen LogP contribution in [-0.4, -0.2) is 10.8 Å². The van der Waals surface area contributed by atoms with E-state index in [0.29, 0.717) is 11.1 Å². The van der Waals surface area contributed by atoms with Crippen LogP contribution in [0.4, 0.5) is 10.7 Å². The quantitative estimate of drug-likeness (QED) is 0.518. The molecule has 0 saturated heterocycles. The third kappa shape index (κ3) is 2.02. The fraction of sp³-hybridized carbons (Fsp3) is 0. The monoisotopic (exact) mass is 272 g/mol. The van der Waals surface area contributed by atoms with Gasteiger partial charge in [0.05, 0.1) is 4.92 Å². The summed E-state index contributed by atoms with van der Waals surface area (Å²) in [5, 5.41) is 15.1. The first-order chi connectivity index (χ1) is 9.15. The molecule has 2 heterocycles. The largest absolute Gasteiger partial charge is 0.324 e. The number of benzene rings is 1. The topological polar surface area (TPSA) is 72.2 Å². The second kappa shape index (κ2) is 4.33. The molecule has 3 rings (SSSR count). The minimum Gasteiger partial charge on any atom is -0.321 e. The van der Waals surface area contributed by atoms with Crippen LogP contribution >= 0.6 is 11.3 Å². The average molecular weight is 272 g/mol. The lowest BCUT2D eigenvalue weighted by atomic mass is 10.1. The van der Waals surface area contributed by atoms with E-state index in [0.717, 1.165) is 22.6 Å². The van der Waals surface area contributed by atoms with Gasteiger partial charge in [-0.25, -0.2) is 0 Å². The number of hydrogen-bond acceptors (Lipinski definition) is 4. The van der Waals surface area contributed by atoms with Gasteiger partial charge in [-0.15, -0.1) is 0 Å². The van der Waals surface area contributed by atoms with Gasteiger partial charge in [0.25, 0.3) is 5.91 Å². The standard InChI is InChI=1S/C13H8N2O3S/c16-13-10(9-3-1-2-4-11(9)14-13)5-8-6-12(15(17)18)19-7-8/h1-7H,(H,14,16)/b10-5+. The number of para-hydroxylation sites is 1. The Morgan fingerprint density at radius 1 is 1.32 bits per heavy atom. The molecule has 6 heteroatoms. The predicted molar refractivity (Wildman–Crippen MR) is 73.9 cm³/mol. The number of carbonyl (C=O) groups excluding carboxylic acids is 1. The van der Waals surface area contributed by atoms with Crippen molar-refractivity contribution in [2.45, 2.75) is 0 Å². The molecule has 19 heavy (non-hydrogen) atoms. The zero-order chi connectivity index (χ0) is 13.4. The van der Waals surface area contributed by atoms with Crippen LogP contribution in [0.1, 0.15) is 11.1 Å². The van der Waals surface area contributed by atoms with Gasteiger partial charge in [-0.2, -0.15) is 0 Å². The zero-order valence-corrected chi connectivity index (χ0v) is 10.4. The molecule has 1 aromatic carbocycles. The number of thiophene rings is 1. The molecular weight excluding hydrogens is 264 g/mol. The van der Waals surface area contributed by atoms with Crippen LogP contribution in [0.3, 0.4) is 0 Å². The lowest BCUT2D eigenvalue weighted by Gasteiger charge is -1.95. The molecule has 1 aliphatic heterocycles. The summed E-state index contributed by atoms with van der Waals surface area (Å²) in [7, 11) is 0. The van der Waals surface area contributed by atoms with E-state index < -0.39 is 4.92 Å². The van der Waals surface area contributed by atoms with Crippen molar-refractivity contribution in [2.75, 3.05) is 5.32 Å². The van der Waals surface area contributed by atoms with Crippen molar-refractivity contribution in [3.63, 3.8) is 0 Å². The molecule has 2 aromatic rings. The zero-order valence-electron chi connectivity index (χ0n) is 9.62. The number of fused-ring (bicyclic) bond motifs is 1. The van der Waals surface area contributed by atoms with Gasteiger partial charge in [-0.3, -0.25) is 14.9 Å². The molecule has 0 saturated carbocycles. The lowest BCUT2D eigenvalue weighted by molar-refractivity contribution is -0.380. The first kappa shape index (κ1) is 11.6. The maximum atomic E-state index is 11.9. The summed E-state index contributed by atoms with van der Waals surface area (Å²) in [4.78, 5) is 22.1. The van der Waals surface area contributed by atoms with Gasteiger partial charge in [-0.05, 0) is 17.7 Å². The van der Waals surface area contributed by atoms with Crippen molar-refractivity contribution in [1.29, 1.82) is 0 Å². The Kier molecular flexibility index (Phi) is 2.64. The van der Waals surface area contributed by atoms with Gasteiger partial charge < -0.3 is 5.32 Å². The van der Waals surface area contributed by atoms with Crippen molar-refractivity contribution in [3.05, 3.63) is 57.0 Å². The van der Waals surface area contributed by atoms with Crippen LogP contribution in [0.25, 0.3) is 11.6 Å². The number of rotatable bonds is 2. The van der Waals surface area contributed by atoms with Crippen molar-refractivity contribution in [1.82, 2.24) is 0 Å². The fourth-order valence-electron chi connectivity index (χ4n) is 1.96. The lowest BCUT2D eigenvalue weighted by Crippen LogP contribution is -2.03. The van der Waals surface area contributed by atoms with Gasteiger partial charge in [-0.1, -0.05) is 29.5 Å². The highest BCUT2D eigenvalue weighted by molar-refractivity contribution is 7.13. The number of anilines is 1. The molecule has 0 bridgehead atoms. The first-order valence-corrected chi connectivity index (χ1v) is 6.38. The molecule has 0 aliphatic carbocycles. The molecule has 0 unspecified atom stereocenters. The van der Waals surface area contributed by atoms with E-state index in [4.69, 9.17) is 0 Å². The predicted octanol–water partition coefficient (Wildman–Crippen LogP) is 3.15. The fourth-order valence-corrected chi connectivity index (χ4v) is 2.64. The Bertz CT molecular complexity index is 718. The Hall–Kier alpha value is -2.47. The SMILES string of the molecule is O=C1Nc2ccccc2/C1=C\c1csc([N+](=O)[O-])c1. The van der Waals surface area contributed by atoms with Crippen LogP contribution in [0.5, 0.6) is 0 Å². The minimum absolute atomic E-state index is 0.0681. The summed E-state index contributed by atoms with van der Waals surface area (Å²) in [6.07, 6.45) is 1.67. The van der Waals surface area contributed by atoms with Gasteiger partial charge in [0.2, 0.25) is 0 Å². The van der Waals surface area contributed by atoms with Crippen molar-refractivity contribution >= 4 is 39.6 Å². The summed E-state index contributed by atoms with van der Waals surface area (Å²) in [5.74, 6) is -0.185. The van der Waals surface area contributed by atoms with Crippen molar-refractivity contribution in [2.24, 2.45) is 0 Å². The van der Waals surface area contributed by atoms with Crippen molar-refractivity contribution < 1.29 is 9.72 Å². The molecule has 94 valence electrons. The summed E-state index contributed by atoms with van der Waals surface area (Å²) in [6, 6.07) is 8.83. The third-order valence-corrected chi connectivity index (χ3v) is 3.71. The number of nitrogens with one attached hydrogen (secondary N) is 1. The number of amides is 1. The molecule has 0 atom stereocenters. The number of nitro groups is 1. The van der Waals surface area contributed by atoms with E-state index in [1.54, 1.807) is 11.5 Å². The molecular formula is C13H8N2O3S. The number of carbonyl (C=O) groups is 1. The van der Waals surface area contributed by atoms with Gasteiger partial charge in [0.1, 0.15) is 0 Å². The molecule has 1 amide bonds. The Morgan fingerprint density at radius 2 is 2.11 bits per heavy atom. The molecule has 1 aromatic heterocycles. The van der Waals surface area contributed by atoms with E-state index in [9.17, 15) is 14.9 Å². The molecule has 0 radical (unpaired) electrons. The average Bonchev–Trinajstić information content (AvgIpc) is 2.96. The van der Waals surface area contributed by atoms with Gasteiger partial charge in [0, 0.05) is 28.3 Å². The summed E-state index contributed by atoms with van der Waals surface area (Å²) >= 11 is 1.05. The summed E-state index contributed by atoms with van der Waals surface area (Å²) in [6.45, 7) is 0. The highest BCUT2D eigenvalue weighted by atomic mass is 32.1. The van der Waals surface area contributed by atoms with Crippen LogP contribution in [0.2, 0.25) is 0 Å². The van der Waals surface area contributed by atoms with Gasteiger partial charge in [0.15, 0.2) is 0 Å². The van der Waals surface area contributed by atoms with Crippen LogP contribution in [0, 0.1) is 10.1 Å². The molecule has 0 spiro atoms. The van der Waals surface area contributed by atoms with Crippen LogP contribution in [-0.2, 0) is 4.79 Å². The molecule has 0 fully saturated rings. The van der Waals surface area contributed by atoms with Gasteiger partial charge >= 0.3 is 5.00 Å². The summed E-state index contributed by atoms with van der Waals surface area (Å²) in [5.41, 5.74) is 2.78. The third-order valence-electron chi connectivity index (χ3n) is 2.81. The highest BCUT2D eigenvalue weighted by Gasteiger charge is 2.23. The number of hydrogen-bond donors (Lipinski definition) is 1. The Labute approximate surface area is 112 Å². The Morgan fingerprint density at radius 3 is 2.84 bits per heavy atom. The minimum atomic E-state index is -0.435. The van der Waals surface area contributed by atoms with E-state index in [1.165, 1.54) is 6.07 Å². The highest BCUT2D eigenvalue weighted by Crippen LogP contribution is 2.34. The van der Waals surface area contributed by atoms with Crippen molar-refractivity contribution in [3.8, 4) is 0 Å². The van der Waals surface area contributed by atoms with Crippen LogP contribution < -0.4 is 5.32 Å². The molecule has 1 aliphatic rings. The molecule has 1 N–H and O–H groups in total. The maximum Gasteiger partial charge on any atom is 0.324 e. The van der Waals surface area contributed by atoms with E-state index >= 15 is 0 Å². The Balaban J connectivity index is 2.03. The van der Waals surface area contributed by atoms with E-state index in [1.807, 2.05) is 24.3 Å². The van der Waals surface area contributed by atoms with E-state index in [2.05, 4.69) is 5.32 Å². The normalized spacial score (nSPS) is 15.4. The summed E-state index contributed by atoms with van der Waals surface area (Å²) < 4.78 is 0. The maximum absolute atomic E-state index is 11.9. The first-order valence-electron chi connectivity index (χ1n) is 5.50. The van der Waals surface area contributed by atoms with Crippen LogP contribution in [0.15, 0.2) is 35.7 Å². The number of nitrogens with zero attached hydrogens (tertiary/aromatic N) is 1. The molecule has 5 nitrogen and oxygen atoms in total. The second-order valence-electron chi connectivity index (χ2n) is 4.03. The second-order valence-corrected chi connectivity index (χ2v) is 4.92. The smallest absolute Gasteiger partial charge is 0.321 e.